The zero-order valence-corrected chi connectivity index (χ0v) is 8.83. The average Bonchev–Trinajstić information content (AvgIpc) is 2.30. The highest BCUT2D eigenvalue weighted by Crippen LogP contribution is 2.29. The van der Waals surface area contributed by atoms with Crippen LogP contribution < -0.4 is 0 Å². The molecule has 82 valence electrons. The second kappa shape index (κ2) is 4.70. The van der Waals surface area contributed by atoms with Gasteiger partial charge in [0.25, 0.3) is 0 Å². The van der Waals surface area contributed by atoms with Crippen molar-refractivity contribution in [2.24, 2.45) is 5.11 Å². The summed E-state index contributed by atoms with van der Waals surface area (Å²) in [5.74, 6) is 0.696. The fourth-order valence-corrected chi connectivity index (χ4v) is 1.51. The van der Waals surface area contributed by atoms with Gasteiger partial charge in [-0.25, -0.2) is 0 Å². The van der Waals surface area contributed by atoms with Gasteiger partial charge in [0, 0.05) is 16.2 Å². The zero-order valence-electron chi connectivity index (χ0n) is 8.83. The molecule has 1 unspecified atom stereocenters. The molecule has 0 saturated heterocycles. The molecule has 0 aromatic heterocycles. The third-order valence-electron chi connectivity index (χ3n) is 2.21. The molecular weight excluding hydrogens is 206 g/mol. The number of benzene rings is 1. The van der Waals surface area contributed by atoms with E-state index in [-0.39, 0.29) is 6.29 Å². The molecule has 1 atom stereocenters. The molecule has 0 saturated carbocycles. The molecule has 16 heavy (non-hydrogen) atoms. The van der Waals surface area contributed by atoms with Crippen molar-refractivity contribution in [2.45, 2.75) is 13.2 Å². The molecule has 0 fully saturated rings. The minimum Gasteiger partial charge on any atom is -0.465 e. The van der Waals surface area contributed by atoms with Crippen LogP contribution in [0.3, 0.4) is 0 Å². The highest BCUT2D eigenvalue weighted by atomic mass is 16.7. The van der Waals surface area contributed by atoms with E-state index in [1.807, 2.05) is 31.2 Å². The molecule has 1 heterocycles. The molecule has 0 spiro atoms. The average molecular weight is 217 g/mol. The molecule has 1 aromatic rings. The molecule has 0 aliphatic carbocycles. The van der Waals surface area contributed by atoms with Gasteiger partial charge in [-0.15, -0.1) is 0 Å². The number of hydrogen-bond acceptors (Lipinski definition) is 3. The number of rotatable bonds is 2. The molecular formula is C11H11N3O2. The summed E-state index contributed by atoms with van der Waals surface area (Å²) in [7, 11) is 0. The minimum atomic E-state index is -0.279. The van der Waals surface area contributed by atoms with E-state index in [1.165, 1.54) is 0 Å². The van der Waals surface area contributed by atoms with Crippen LogP contribution in [0.4, 0.5) is 5.69 Å². The summed E-state index contributed by atoms with van der Waals surface area (Å²) in [5, 5.41) is 3.63. The van der Waals surface area contributed by atoms with Gasteiger partial charge in [-0.2, -0.15) is 0 Å². The Morgan fingerprint density at radius 2 is 2.25 bits per heavy atom. The first kappa shape index (κ1) is 10.5. The van der Waals surface area contributed by atoms with E-state index >= 15 is 0 Å². The van der Waals surface area contributed by atoms with Gasteiger partial charge in [0.15, 0.2) is 6.29 Å². The van der Waals surface area contributed by atoms with Crippen LogP contribution in [0.25, 0.3) is 16.2 Å². The largest absolute Gasteiger partial charge is 0.465 e. The Hall–Kier alpha value is -1.97. The monoisotopic (exact) mass is 217 g/mol. The van der Waals surface area contributed by atoms with E-state index in [1.54, 1.807) is 6.07 Å². The highest BCUT2D eigenvalue weighted by molar-refractivity contribution is 5.70. The van der Waals surface area contributed by atoms with Crippen LogP contribution in [-0.2, 0) is 9.47 Å². The molecule has 1 aliphatic rings. The second-order valence-corrected chi connectivity index (χ2v) is 3.29. The summed E-state index contributed by atoms with van der Waals surface area (Å²) in [6, 6.07) is 7.29. The van der Waals surface area contributed by atoms with Gasteiger partial charge >= 0.3 is 0 Å². The van der Waals surface area contributed by atoms with Crippen molar-refractivity contribution in [1.29, 1.82) is 0 Å². The van der Waals surface area contributed by atoms with Gasteiger partial charge in [0.2, 0.25) is 0 Å². The van der Waals surface area contributed by atoms with E-state index in [4.69, 9.17) is 15.0 Å². The fourth-order valence-electron chi connectivity index (χ4n) is 1.51. The van der Waals surface area contributed by atoms with Gasteiger partial charge in [-0.3, -0.25) is 0 Å². The second-order valence-electron chi connectivity index (χ2n) is 3.29. The van der Waals surface area contributed by atoms with Gasteiger partial charge in [0.05, 0.1) is 6.61 Å². The van der Waals surface area contributed by atoms with Crippen LogP contribution in [-0.4, -0.2) is 12.9 Å². The first-order valence-corrected chi connectivity index (χ1v) is 4.94. The summed E-state index contributed by atoms with van der Waals surface area (Å²) in [5.41, 5.74) is 9.82. The molecule has 0 bridgehead atoms. The maximum Gasteiger partial charge on any atom is 0.197 e. The maximum atomic E-state index is 8.47. The lowest BCUT2D eigenvalue weighted by atomic mass is 10.1. The van der Waals surface area contributed by atoms with Crippen molar-refractivity contribution in [3.05, 3.63) is 46.3 Å². The van der Waals surface area contributed by atoms with E-state index in [9.17, 15) is 0 Å². The van der Waals surface area contributed by atoms with Crippen molar-refractivity contribution in [3.63, 3.8) is 0 Å². The van der Waals surface area contributed by atoms with E-state index < -0.39 is 0 Å². The van der Waals surface area contributed by atoms with Gasteiger partial charge < -0.3 is 9.47 Å². The van der Waals surface area contributed by atoms with Crippen molar-refractivity contribution in [3.8, 4) is 0 Å². The van der Waals surface area contributed by atoms with Crippen molar-refractivity contribution in [1.82, 2.24) is 0 Å². The number of azide groups is 1. The Balaban J connectivity index is 2.39. The Morgan fingerprint density at radius 1 is 1.44 bits per heavy atom. The lowest BCUT2D eigenvalue weighted by Gasteiger charge is -2.22. The summed E-state index contributed by atoms with van der Waals surface area (Å²) in [6.07, 6.45) is 1.55. The first-order valence-electron chi connectivity index (χ1n) is 4.94. The highest BCUT2D eigenvalue weighted by Gasteiger charge is 2.15. The maximum absolute atomic E-state index is 8.47. The van der Waals surface area contributed by atoms with Crippen LogP contribution in [0.2, 0.25) is 0 Å². The molecule has 0 N–H and O–H groups in total. The molecule has 0 amide bonds. The summed E-state index contributed by atoms with van der Waals surface area (Å²) >= 11 is 0. The third-order valence-corrected chi connectivity index (χ3v) is 2.21. The molecule has 5 heteroatoms. The molecule has 2 rings (SSSR count). The minimum absolute atomic E-state index is 0.279. The zero-order chi connectivity index (χ0) is 11.4. The standard InChI is InChI=1S/C11H11N3O2/c1-8-15-7-6-11(16-8)9-4-2-3-5-10(9)13-14-12/h2-6,8H,7H2,1H3. The molecule has 1 aromatic carbocycles. The van der Waals surface area contributed by atoms with E-state index in [0.29, 0.717) is 18.1 Å². The number of nitrogens with zero attached hydrogens (tertiary/aromatic N) is 3. The van der Waals surface area contributed by atoms with Crippen LogP contribution in [0, 0.1) is 0 Å². The van der Waals surface area contributed by atoms with Crippen LogP contribution in [0.1, 0.15) is 12.5 Å². The van der Waals surface area contributed by atoms with Crippen LogP contribution in [0.15, 0.2) is 35.5 Å². The SMILES string of the molecule is CC1OCC=C(c2ccccc2N=[N+]=[N-])O1. The molecule has 5 nitrogen and oxygen atoms in total. The predicted octanol–water partition coefficient (Wildman–Crippen LogP) is 3.36. The van der Waals surface area contributed by atoms with Gasteiger partial charge in [-0.05, 0) is 18.5 Å². The van der Waals surface area contributed by atoms with E-state index in [2.05, 4.69) is 10.0 Å². The van der Waals surface area contributed by atoms with Crippen molar-refractivity contribution < 1.29 is 9.47 Å². The lowest BCUT2D eigenvalue weighted by Crippen LogP contribution is -2.17. The Morgan fingerprint density at radius 3 is 3.00 bits per heavy atom. The third kappa shape index (κ3) is 2.16. The normalized spacial score (nSPS) is 19.3. The lowest BCUT2D eigenvalue weighted by molar-refractivity contribution is -0.0850. The number of ether oxygens (including phenoxy) is 2. The fraction of sp³-hybridized carbons (Fsp3) is 0.273. The predicted molar refractivity (Wildman–Crippen MR) is 59.7 cm³/mol. The molecule has 0 radical (unpaired) electrons. The van der Waals surface area contributed by atoms with Crippen LogP contribution >= 0.6 is 0 Å². The Labute approximate surface area is 92.9 Å². The smallest absolute Gasteiger partial charge is 0.197 e. The quantitative estimate of drug-likeness (QED) is 0.433. The van der Waals surface area contributed by atoms with Crippen LogP contribution in [0.5, 0.6) is 0 Å². The topological polar surface area (TPSA) is 67.2 Å². The summed E-state index contributed by atoms with van der Waals surface area (Å²) in [4.78, 5) is 2.79. The van der Waals surface area contributed by atoms with Gasteiger partial charge in [0.1, 0.15) is 5.76 Å². The Kier molecular flexibility index (Phi) is 3.10. The van der Waals surface area contributed by atoms with Crippen molar-refractivity contribution in [2.75, 3.05) is 6.61 Å². The molecule has 1 aliphatic heterocycles. The number of hydrogen-bond donors (Lipinski definition) is 0. The van der Waals surface area contributed by atoms with Crippen molar-refractivity contribution >= 4 is 11.4 Å². The summed E-state index contributed by atoms with van der Waals surface area (Å²) < 4.78 is 10.7. The Bertz CT molecular complexity index is 464. The van der Waals surface area contributed by atoms with E-state index in [0.717, 1.165) is 5.56 Å². The van der Waals surface area contributed by atoms with Gasteiger partial charge in [-0.1, -0.05) is 29.4 Å². The summed E-state index contributed by atoms with van der Waals surface area (Å²) in [6.45, 7) is 2.32. The first-order chi connectivity index (χ1) is 7.81.